The molecule has 0 aliphatic heterocycles. The van der Waals surface area contributed by atoms with Crippen molar-refractivity contribution in [2.45, 2.75) is 109 Å². The lowest BCUT2D eigenvalue weighted by molar-refractivity contribution is -0.145. The maximum atomic E-state index is 13.2. The molecular weight excluding hydrogens is 728 g/mol. The molecule has 0 aromatic heterocycles. The van der Waals surface area contributed by atoms with E-state index >= 15 is 0 Å². The Bertz CT molecular complexity index is 1330. The molecule has 7 atom stereocenters. The van der Waals surface area contributed by atoms with Gasteiger partial charge in [0.05, 0.1) is 31.8 Å². The van der Waals surface area contributed by atoms with Gasteiger partial charge in [0.1, 0.15) is 24.2 Å². The average Bonchev–Trinajstić information content (AvgIpc) is 3.10. The number of unbranched alkanes of at least 4 members (excludes halogenated alkanes) is 1. The molecule has 23 nitrogen and oxygen atoms in total. The van der Waals surface area contributed by atoms with E-state index in [0.717, 1.165) is 0 Å². The van der Waals surface area contributed by atoms with E-state index in [2.05, 4.69) is 42.2 Å². The average molecular weight is 789 g/mol. The highest BCUT2D eigenvalue weighted by Crippen LogP contribution is 2.07. The molecular formula is C32H60N12O11. The molecule has 7 unspecified atom stereocenters. The minimum Gasteiger partial charge on any atom is -0.480 e. The number of aliphatic imine (C=N–C) groups is 1. The Labute approximate surface area is 319 Å². The third kappa shape index (κ3) is 21.4. The predicted molar refractivity (Wildman–Crippen MR) is 198 cm³/mol. The third-order valence-corrected chi connectivity index (χ3v) is 7.72. The van der Waals surface area contributed by atoms with E-state index in [4.69, 9.17) is 22.9 Å². The van der Waals surface area contributed by atoms with Gasteiger partial charge >= 0.3 is 5.97 Å². The molecule has 0 aromatic carbocycles. The molecule has 0 rings (SSSR count). The lowest BCUT2D eigenvalue weighted by atomic mass is 10.0. The lowest BCUT2D eigenvalue weighted by Crippen LogP contribution is -2.58. The summed E-state index contributed by atoms with van der Waals surface area (Å²) in [5.41, 5.74) is 21.9. The van der Waals surface area contributed by atoms with Crippen LogP contribution in [0.25, 0.3) is 0 Å². The summed E-state index contributed by atoms with van der Waals surface area (Å²) in [5.74, 6) is -7.64. The molecule has 0 bridgehead atoms. The zero-order valence-electron chi connectivity index (χ0n) is 31.8. The van der Waals surface area contributed by atoms with Gasteiger partial charge in [-0.05, 0) is 58.4 Å². The van der Waals surface area contributed by atoms with Crippen molar-refractivity contribution in [3.63, 3.8) is 0 Å². The highest BCUT2D eigenvalue weighted by molar-refractivity contribution is 5.96. The van der Waals surface area contributed by atoms with Gasteiger partial charge < -0.3 is 75.5 Å². The molecule has 0 saturated carbocycles. The Morgan fingerprint density at radius 3 is 1.75 bits per heavy atom. The molecule has 0 saturated heterocycles. The number of carbonyl (C=O) groups is 8. The summed E-state index contributed by atoms with van der Waals surface area (Å²) >= 11 is 0. The number of aliphatic hydroxyl groups is 2. The Morgan fingerprint density at radius 1 is 0.673 bits per heavy atom. The van der Waals surface area contributed by atoms with Gasteiger partial charge in [0, 0.05) is 6.54 Å². The zero-order chi connectivity index (χ0) is 42.2. The van der Waals surface area contributed by atoms with Crippen molar-refractivity contribution in [1.29, 1.82) is 0 Å². The number of nitrogens with zero attached hydrogens (tertiary/aromatic N) is 1. The van der Waals surface area contributed by atoms with Gasteiger partial charge in [-0.25, -0.2) is 4.79 Å². The van der Waals surface area contributed by atoms with Crippen molar-refractivity contribution in [3.8, 4) is 0 Å². The number of nitrogens with two attached hydrogens (primary N) is 4. The molecule has 0 spiro atoms. The number of hydrogen-bond donors (Lipinski definition) is 14. The number of carbonyl (C=O) groups excluding carboxylic acids is 7. The van der Waals surface area contributed by atoms with Gasteiger partial charge in [0.15, 0.2) is 12.0 Å². The van der Waals surface area contributed by atoms with E-state index in [9.17, 15) is 53.7 Å². The van der Waals surface area contributed by atoms with E-state index in [-0.39, 0.29) is 37.7 Å². The summed E-state index contributed by atoms with van der Waals surface area (Å²) in [6, 6.07) is -7.72. The van der Waals surface area contributed by atoms with Crippen LogP contribution in [0, 0.1) is 5.92 Å². The van der Waals surface area contributed by atoms with Crippen LogP contribution in [0.15, 0.2) is 4.99 Å². The normalized spacial score (nSPS) is 14.7. The van der Waals surface area contributed by atoms with Crippen molar-refractivity contribution in [2.24, 2.45) is 33.8 Å². The van der Waals surface area contributed by atoms with Gasteiger partial charge in [-0.3, -0.25) is 38.6 Å². The van der Waals surface area contributed by atoms with Crippen LogP contribution in [0.4, 0.5) is 0 Å². The van der Waals surface area contributed by atoms with Crippen molar-refractivity contribution in [1.82, 2.24) is 37.2 Å². The van der Waals surface area contributed by atoms with E-state index in [1.54, 1.807) is 13.8 Å². The SMILES string of the molecule is CC(C)CC(NC(=O)CNC(=O)C(CCCN=C(N)N)NC(=O)C(CO)NC(=O)CNC(=O)C(C)NC(=O)C(N)CCCCN)C(=O)NC(C(=O)O)C(C)O. The standard InChI is InChI=1S/C32H60N12O11/c1-16(2)12-21(29(52)44-25(18(4)46)31(54)55)41-23(47)14-39-28(51)20(9-7-11-37-32(35)36)43-30(53)22(15-45)42-24(48)13-38-26(49)17(3)40-27(50)19(34)8-5-6-10-33/h16-22,25,45-46H,5-15,33-34H2,1-4H3,(H,38,49)(H,39,51)(H,40,50)(H,41,47)(H,42,48)(H,43,53)(H,44,52)(H,54,55)(H4,35,36,37). The van der Waals surface area contributed by atoms with Gasteiger partial charge in [0.2, 0.25) is 41.4 Å². The molecule has 7 amide bonds. The minimum absolute atomic E-state index is 0.0528. The number of amides is 7. The molecule has 23 heteroatoms. The first-order chi connectivity index (χ1) is 25.7. The molecule has 314 valence electrons. The van der Waals surface area contributed by atoms with Gasteiger partial charge in [-0.15, -0.1) is 0 Å². The van der Waals surface area contributed by atoms with Crippen LogP contribution >= 0.6 is 0 Å². The summed E-state index contributed by atoms with van der Waals surface area (Å²) in [5, 5.41) is 45.1. The Morgan fingerprint density at radius 2 is 1.24 bits per heavy atom. The summed E-state index contributed by atoms with van der Waals surface area (Å²) < 4.78 is 0. The topological polar surface area (TPSA) is 398 Å². The maximum absolute atomic E-state index is 13.2. The monoisotopic (exact) mass is 788 g/mol. The van der Waals surface area contributed by atoms with E-state index in [1.165, 1.54) is 13.8 Å². The van der Waals surface area contributed by atoms with Crippen LogP contribution in [0.1, 0.15) is 66.2 Å². The molecule has 0 aliphatic carbocycles. The maximum Gasteiger partial charge on any atom is 0.328 e. The fourth-order valence-corrected chi connectivity index (χ4v) is 4.71. The molecule has 0 fully saturated rings. The minimum atomic E-state index is -1.64. The molecule has 0 aromatic rings. The van der Waals surface area contributed by atoms with Crippen molar-refractivity contribution >= 4 is 53.3 Å². The molecule has 18 N–H and O–H groups in total. The Hall–Kier alpha value is -5.13. The number of aliphatic hydroxyl groups excluding tert-OH is 2. The van der Waals surface area contributed by atoms with E-state index < -0.39 is 109 Å². The number of hydrogen-bond acceptors (Lipinski definition) is 13. The first kappa shape index (κ1) is 49.9. The van der Waals surface area contributed by atoms with Crippen molar-refractivity contribution < 1.29 is 53.7 Å². The Balaban J connectivity index is 5.47. The number of guanidine groups is 1. The second kappa shape index (κ2) is 26.6. The first-order valence-electron chi connectivity index (χ1n) is 17.8. The van der Waals surface area contributed by atoms with Crippen LogP contribution in [0.3, 0.4) is 0 Å². The number of carboxylic acid groups (broad SMARTS) is 1. The zero-order valence-corrected chi connectivity index (χ0v) is 31.8. The molecule has 0 radical (unpaired) electrons. The number of rotatable bonds is 27. The van der Waals surface area contributed by atoms with Crippen molar-refractivity contribution in [2.75, 3.05) is 32.8 Å². The molecule has 55 heavy (non-hydrogen) atoms. The Kier molecular flexibility index (Phi) is 24.1. The van der Waals surface area contributed by atoms with E-state index in [0.29, 0.717) is 25.8 Å². The summed E-state index contributed by atoms with van der Waals surface area (Å²) in [7, 11) is 0. The second-order valence-electron chi connectivity index (χ2n) is 13.2. The summed E-state index contributed by atoms with van der Waals surface area (Å²) in [6.07, 6.45) is 0.389. The highest BCUT2D eigenvalue weighted by atomic mass is 16.4. The fraction of sp³-hybridized carbons (Fsp3) is 0.719. The third-order valence-electron chi connectivity index (χ3n) is 7.72. The molecule has 0 heterocycles. The quantitative estimate of drug-likeness (QED) is 0.0209. The van der Waals surface area contributed by atoms with Crippen LogP contribution in [0.5, 0.6) is 0 Å². The van der Waals surface area contributed by atoms with Crippen LogP contribution < -0.4 is 60.2 Å². The summed E-state index contributed by atoms with van der Waals surface area (Å²) in [6.45, 7) is 4.30. The van der Waals surface area contributed by atoms with Crippen LogP contribution in [-0.4, -0.2) is 144 Å². The van der Waals surface area contributed by atoms with Crippen LogP contribution in [-0.2, 0) is 38.4 Å². The second-order valence-corrected chi connectivity index (χ2v) is 13.2. The van der Waals surface area contributed by atoms with E-state index in [1.807, 2.05) is 0 Å². The van der Waals surface area contributed by atoms with Crippen molar-refractivity contribution in [3.05, 3.63) is 0 Å². The number of aliphatic carboxylic acids is 1. The highest BCUT2D eigenvalue weighted by Gasteiger charge is 2.31. The fourth-order valence-electron chi connectivity index (χ4n) is 4.71. The first-order valence-corrected chi connectivity index (χ1v) is 17.8. The molecule has 0 aliphatic rings. The van der Waals surface area contributed by atoms with Gasteiger partial charge in [-0.1, -0.05) is 20.3 Å². The van der Waals surface area contributed by atoms with Crippen LogP contribution in [0.2, 0.25) is 0 Å². The van der Waals surface area contributed by atoms with Gasteiger partial charge in [-0.2, -0.15) is 0 Å². The smallest absolute Gasteiger partial charge is 0.328 e. The summed E-state index contributed by atoms with van der Waals surface area (Å²) in [4.78, 5) is 104. The lowest BCUT2D eigenvalue weighted by Gasteiger charge is -2.24. The number of carboxylic acids is 1. The van der Waals surface area contributed by atoms with Gasteiger partial charge in [0.25, 0.3) is 0 Å². The number of nitrogens with one attached hydrogen (secondary N) is 7. The predicted octanol–water partition coefficient (Wildman–Crippen LogP) is -6.32. The largest absolute Gasteiger partial charge is 0.480 e.